The molecule has 0 saturated carbocycles. The summed E-state index contributed by atoms with van der Waals surface area (Å²) in [6.07, 6.45) is 4.48. The van der Waals surface area contributed by atoms with E-state index in [1.807, 2.05) is 20.2 Å². The Kier molecular flexibility index (Phi) is 4.76. The number of ether oxygens (including phenoxy) is 1. The fourth-order valence-corrected chi connectivity index (χ4v) is 3.79. The van der Waals surface area contributed by atoms with Crippen molar-refractivity contribution in [1.82, 2.24) is 9.78 Å². The van der Waals surface area contributed by atoms with E-state index >= 15 is 0 Å². The lowest BCUT2D eigenvalue weighted by Gasteiger charge is -2.37. The lowest BCUT2D eigenvalue weighted by molar-refractivity contribution is 0.0695. The number of benzene rings is 1. The molecule has 6 heteroatoms. The second kappa shape index (κ2) is 6.81. The Hall–Kier alpha value is -2.08. The average molecular weight is 331 g/mol. The molecule has 0 atom stereocenters. The molecule has 0 radical (unpaired) electrons. The van der Waals surface area contributed by atoms with E-state index in [4.69, 9.17) is 4.74 Å². The molecule has 0 aliphatic carbocycles. The molecule has 2 aromatic rings. The van der Waals surface area contributed by atoms with Crippen molar-refractivity contribution in [1.29, 1.82) is 0 Å². The van der Waals surface area contributed by atoms with Crippen LogP contribution in [-0.2, 0) is 18.2 Å². The fourth-order valence-electron chi connectivity index (χ4n) is 3.79. The van der Waals surface area contributed by atoms with Crippen LogP contribution in [-0.4, -0.2) is 46.7 Å². The zero-order chi connectivity index (χ0) is 17.3. The maximum atomic E-state index is 11.8. The van der Waals surface area contributed by atoms with Crippen LogP contribution >= 0.6 is 0 Å². The molecule has 1 aliphatic rings. The summed E-state index contributed by atoms with van der Waals surface area (Å²) in [5, 5.41) is 15.1. The SMILES string of the molecule is CCc1c(C(=O)O)cc2c(cnn2C)c1N(CC)C1CCOCC1. The number of aromatic nitrogens is 2. The van der Waals surface area contributed by atoms with Gasteiger partial charge in [0.2, 0.25) is 0 Å². The number of fused-ring (bicyclic) bond motifs is 1. The Morgan fingerprint density at radius 2 is 2.12 bits per heavy atom. The molecule has 130 valence electrons. The molecule has 1 aliphatic heterocycles. The summed E-state index contributed by atoms with van der Waals surface area (Å²) in [7, 11) is 1.86. The molecule has 0 unspecified atom stereocenters. The number of rotatable bonds is 5. The quantitative estimate of drug-likeness (QED) is 0.912. The Morgan fingerprint density at radius 3 is 2.71 bits per heavy atom. The van der Waals surface area contributed by atoms with Crippen LogP contribution in [0.5, 0.6) is 0 Å². The van der Waals surface area contributed by atoms with Crippen molar-refractivity contribution in [2.24, 2.45) is 7.05 Å². The van der Waals surface area contributed by atoms with Crippen molar-refractivity contribution in [3.05, 3.63) is 23.4 Å². The Morgan fingerprint density at radius 1 is 1.42 bits per heavy atom. The smallest absolute Gasteiger partial charge is 0.336 e. The predicted octanol–water partition coefficient (Wildman–Crippen LogP) is 2.84. The van der Waals surface area contributed by atoms with Crippen molar-refractivity contribution in [3.8, 4) is 0 Å². The van der Waals surface area contributed by atoms with Crippen LogP contribution in [0.2, 0.25) is 0 Å². The van der Waals surface area contributed by atoms with Gasteiger partial charge in [0, 0.05) is 38.2 Å². The van der Waals surface area contributed by atoms with Gasteiger partial charge in [-0.15, -0.1) is 0 Å². The lowest BCUT2D eigenvalue weighted by Crippen LogP contribution is -2.40. The van der Waals surface area contributed by atoms with Gasteiger partial charge in [-0.2, -0.15) is 5.10 Å². The van der Waals surface area contributed by atoms with Gasteiger partial charge in [-0.25, -0.2) is 4.79 Å². The number of anilines is 1. The number of aryl methyl sites for hydroxylation is 1. The van der Waals surface area contributed by atoms with Crippen LogP contribution in [0, 0.1) is 0 Å². The maximum Gasteiger partial charge on any atom is 0.336 e. The van der Waals surface area contributed by atoms with Crippen molar-refractivity contribution in [2.45, 2.75) is 39.2 Å². The first-order valence-corrected chi connectivity index (χ1v) is 8.63. The van der Waals surface area contributed by atoms with Gasteiger partial charge in [0.15, 0.2) is 0 Å². The molecule has 2 heterocycles. The molecule has 1 aromatic heterocycles. The highest BCUT2D eigenvalue weighted by molar-refractivity contribution is 6.02. The molecule has 1 saturated heterocycles. The summed E-state index contributed by atoms with van der Waals surface area (Å²) in [6, 6.07) is 2.13. The summed E-state index contributed by atoms with van der Waals surface area (Å²) in [5.41, 5.74) is 3.19. The molecule has 0 spiro atoms. The first kappa shape index (κ1) is 16.8. The van der Waals surface area contributed by atoms with E-state index in [2.05, 4.69) is 16.9 Å². The third-order valence-electron chi connectivity index (χ3n) is 4.98. The van der Waals surface area contributed by atoms with Crippen LogP contribution in [0.4, 0.5) is 5.69 Å². The molecule has 0 amide bonds. The Bertz CT molecular complexity index is 748. The minimum Gasteiger partial charge on any atom is -0.478 e. The van der Waals surface area contributed by atoms with Crippen LogP contribution in [0.3, 0.4) is 0 Å². The fraction of sp³-hybridized carbons (Fsp3) is 0.556. The third kappa shape index (κ3) is 2.75. The van der Waals surface area contributed by atoms with Crippen molar-refractivity contribution in [3.63, 3.8) is 0 Å². The monoisotopic (exact) mass is 331 g/mol. The molecule has 6 nitrogen and oxygen atoms in total. The van der Waals surface area contributed by atoms with Gasteiger partial charge in [0.1, 0.15) is 0 Å². The summed E-state index contributed by atoms with van der Waals surface area (Å²) >= 11 is 0. The first-order chi connectivity index (χ1) is 11.6. The second-order valence-corrected chi connectivity index (χ2v) is 6.24. The first-order valence-electron chi connectivity index (χ1n) is 8.63. The number of hydrogen-bond donors (Lipinski definition) is 1. The minimum atomic E-state index is -0.876. The van der Waals surface area contributed by atoms with Crippen LogP contribution in [0.1, 0.15) is 42.6 Å². The zero-order valence-electron chi connectivity index (χ0n) is 14.6. The summed E-state index contributed by atoms with van der Waals surface area (Å²) in [6.45, 7) is 6.51. The largest absolute Gasteiger partial charge is 0.478 e. The molecule has 1 aromatic carbocycles. The standard InChI is InChI=1S/C18H25N3O3/c1-4-13-14(18(22)23)10-16-15(11-19-20(16)3)17(13)21(5-2)12-6-8-24-9-7-12/h10-12H,4-9H2,1-3H3,(H,22,23). The van der Waals surface area contributed by atoms with Crippen molar-refractivity contribution < 1.29 is 14.6 Å². The van der Waals surface area contributed by atoms with Crippen LogP contribution in [0.15, 0.2) is 12.3 Å². The van der Waals surface area contributed by atoms with Gasteiger partial charge in [-0.3, -0.25) is 4.68 Å². The highest BCUT2D eigenvalue weighted by atomic mass is 16.5. The number of carbonyl (C=O) groups is 1. The molecule has 3 rings (SSSR count). The van der Waals surface area contributed by atoms with Gasteiger partial charge in [-0.05, 0) is 37.8 Å². The van der Waals surface area contributed by atoms with Crippen LogP contribution in [0.25, 0.3) is 10.9 Å². The number of aromatic carboxylic acids is 1. The maximum absolute atomic E-state index is 11.8. The number of hydrogen-bond acceptors (Lipinski definition) is 4. The van der Waals surface area contributed by atoms with E-state index in [1.165, 1.54) is 0 Å². The number of nitrogens with zero attached hydrogens (tertiary/aromatic N) is 3. The van der Waals surface area contributed by atoms with E-state index in [0.29, 0.717) is 18.0 Å². The number of carboxylic acid groups (broad SMARTS) is 1. The van der Waals surface area contributed by atoms with Gasteiger partial charge in [-0.1, -0.05) is 6.92 Å². The molecule has 1 fully saturated rings. The molecular weight excluding hydrogens is 306 g/mol. The minimum absolute atomic E-state index is 0.376. The second-order valence-electron chi connectivity index (χ2n) is 6.24. The molecular formula is C18H25N3O3. The van der Waals surface area contributed by atoms with E-state index in [1.54, 1.807) is 10.7 Å². The molecule has 24 heavy (non-hydrogen) atoms. The van der Waals surface area contributed by atoms with Gasteiger partial charge < -0.3 is 14.7 Å². The lowest BCUT2D eigenvalue weighted by atomic mass is 9.96. The van der Waals surface area contributed by atoms with E-state index in [0.717, 1.165) is 54.8 Å². The van der Waals surface area contributed by atoms with Crippen molar-refractivity contribution >= 4 is 22.6 Å². The van der Waals surface area contributed by atoms with Gasteiger partial charge in [0.25, 0.3) is 0 Å². The van der Waals surface area contributed by atoms with Crippen LogP contribution < -0.4 is 4.90 Å². The highest BCUT2D eigenvalue weighted by Crippen LogP contribution is 2.36. The zero-order valence-corrected chi connectivity index (χ0v) is 14.6. The average Bonchev–Trinajstić information content (AvgIpc) is 2.97. The molecule has 1 N–H and O–H groups in total. The highest BCUT2D eigenvalue weighted by Gasteiger charge is 2.27. The molecule has 0 bridgehead atoms. The third-order valence-corrected chi connectivity index (χ3v) is 4.98. The van der Waals surface area contributed by atoms with Gasteiger partial charge in [0.05, 0.1) is 23.0 Å². The Labute approximate surface area is 142 Å². The Balaban J connectivity index is 2.24. The van der Waals surface area contributed by atoms with E-state index in [-0.39, 0.29) is 0 Å². The van der Waals surface area contributed by atoms with E-state index < -0.39 is 5.97 Å². The topological polar surface area (TPSA) is 67.6 Å². The predicted molar refractivity (Wildman–Crippen MR) is 93.9 cm³/mol. The summed E-state index contributed by atoms with van der Waals surface area (Å²) < 4.78 is 7.26. The summed E-state index contributed by atoms with van der Waals surface area (Å²) in [5.74, 6) is -0.876. The summed E-state index contributed by atoms with van der Waals surface area (Å²) in [4.78, 5) is 14.2. The van der Waals surface area contributed by atoms with E-state index in [9.17, 15) is 9.90 Å². The number of carboxylic acids is 1. The normalized spacial score (nSPS) is 15.8. The van der Waals surface area contributed by atoms with Crippen molar-refractivity contribution in [2.75, 3.05) is 24.7 Å². The van der Waals surface area contributed by atoms with Gasteiger partial charge >= 0.3 is 5.97 Å².